The minimum absolute atomic E-state index is 0. The first kappa shape index (κ1) is 57.0. The molecule has 3 aromatic heterocycles. The van der Waals surface area contributed by atoms with Crippen molar-refractivity contribution in [3.05, 3.63) is 154 Å². The average Bonchev–Trinajstić information content (AvgIpc) is 3.89. The van der Waals surface area contributed by atoms with E-state index in [0.29, 0.717) is 37.9 Å². The molecule has 8 aromatic rings. The van der Waals surface area contributed by atoms with Crippen LogP contribution in [-0.2, 0) is 28.4 Å². The van der Waals surface area contributed by atoms with E-state index < -0.39 is 51.7 Å². The van der Waals surface area contributed by atoms with E-state index in [4.69, 9.17) is 64.2 Å². The van der Waals surface area contributed by atoms with Crippen molar-refractivity contribution in [2.24, 2.45) is 0 Å². The summed E-state index contributed by atoms with van der Waals surface area (Å²) in [4.78, 5) is 8.67. The average molecular weight is 1150 g/mol. The Bertz CT molecular complexity index is 3140. The third-order valence-electron chi connectivity index (χ3n) is 7.42. The van der Waals surface area contributed by atoms with Crippen molar-refractivity contribution in [3.8, 4) is 0 Å². The predicted octanol–water partition coefficient (Wildman–Crippen LogP) is 9.32. The molecule has 0 unspecified atom stereocenters. The first-order valence-electron chi connectivity index (χ1n) is 16.0. The van der Waals surface area contributed by atoms with Gasteiger partial charge in [0.25, 0.3) is 19.1 Å². The molecule has 0 fully saturated rings. The first-order chi connectivity index (χ1) is 27.9. The molecule has 0 radical (unpaired) electrons. The lowest BCUT2D eigenvalue weighted by molar-refractivity contribution is -0.0000233. The van der Waals surface area contributed by atoms with Gasteiger partial charge in [-0.15, -0.1) is 0 Å². The number of fused-ring (bicyclic) bond motifs is 3. The molecule has 0 atom stereocenters. The number of hydrogen-bond acceptors (Lipinski definition) is 7. The van der Waals surface area contributed by atoms with E-state index in [9.17, 15) is 34.4 Å². The second-order valence-corrected chi connectivity index (χ2v) is 19.1. The number of rotatable bonds is 4. The van der Waals surface area contributed by atoms with Crippen molar-refractivity contribution >= 4 is 129 Å². The van der Waals surface area contributed by atoms with Crippen LogP contribution in [0.25, 0.3) is 32.7 Å². The molecule has 3 heterocycles. The zero-order valence-corrected chi connectivity index (χ0v) is 38.3. The van der Waals surface area contributed by atoms with E-state index in [-0.39, 0.29) is 60.0 Å². The van der Waals surface area contributed by atoms with Crippen LogP contribution in [-0.4, -0.2) is 44.8 Å². The SMILES string of the molecule is C.C.Clc1ccc2cc[nH]c2c1.Nc1ccc(F)cc1F.O=S(=O)(Cl)c1c[nH]c2cc(Cl)ccc12.O=S(=O)(Nc1ccc(F)cc1F)c1c[nH]c2cc(Cl)ccc12.O=S(=O)(O)Cl.[I-]. The summed E-state index contributed by atoms with van der Waals surface area (Å²) in [5, 5.41) is 3.93. The number of nitrogens with one attached hydrogen (secondary N) is 4. The van der Waals surface area contributed by atoms with Crippen LogP contribution in [0.15, 0.2) is 125 Å². The Morgan fingerprint density at radius 3 is 1.49 bits per heavy atom. The van der Waals surface area contributed by atoms with Gasteiger partial charge in [-0.3, -0.25) is 9.27 Å². The summed E-state index contributed by atoms with van der Waals surface area (Å²) in [5.41, 5.74) is 6.96. The number of anilines is 2. The van der Waals surface area contributed by atoms with Gasteiger partial charge in [-0.25, -0.2) is 34.4 Å². The fourth-order valence-corrected chi connectivity index (χ4v) is 7.65. The van der Waals surface area contributed by atoms with Crippen LogP contribution in [0.2, 0.25) is 15.1 Å². The number of benzene rings is 5. The highest BCUT2D eigenvalue weighted by atomic mass is 127. The molecule has 0 aliphatic carbocycles. The number of nitrogen functional groups attached to an aromatic ring is 1. The highest BCUT2D eigenvalue weighted by molar-refractivity contribution is 8.14. The smallest absolute Gasteiger partial charge is 0.353 e. The highest BCUT2D eigenvalue weighted by Gasteiger charge is 2.21. The lowest BCUT2D eigenvalue weighted by Crippen LogP contribution is -3.00. The van der Waals surface area contributed by atoms with Gasteiger partial charge in [-0.2, -0.15) is 8.42 Å². The zero-order chi connectivity index (χ0) is 44.6. The Kier molecular flexibility index (Phi) is 22.1. The number of halogens is 10. The molecule has 12 nitrogen and oxygen atoms in total. The summed E-state index contributed by atoms with van der Waals surface area (Å²) in [6.07, 6.45) is 4.54. The maximum absolute atomic E-state index is 13.6. The number of nitrogens with two attached hydrogens (primary N) is 1. The fraction of sp³-hybridized carbons (Fsp3) is 0.0526. The van der Waals surface area contributed by atoms with Crippen molar-refractivity contribution in [1.29, 1.82) is 0 Å². The third-order valence-corrected chi connectivity index (χ3v) is 10.9. The second-order valence-electron chi connectivity index (χ2n) is 11.6. The minimum Gasteiger partial charge on any atom is -1.00 e. The van der Waals surface area contributed by atoms with Crippen molar-refractivity contribution < 1.29 is 71.3 Å². The van der Waals surface area contributed by atoms with Gasteiger partial charge in [0, 0.05) is 94.5 Å². The maximum Gasteiger partial charge on any atom is 0.353 e. The molecular weight excluding hydrogens is 1110 g/mol. The largest absolute Gasteiger partial charge is 1.00 e. The molecule has 0 saturated heterocycles. The number of hydrogen-bond donors (Lipinski definition) is 6. The van der Waals surface area contributed by atoms with Gasteiger partial charge >= 0.3 is 9.33 Å². The molecule has 5 aromatic carbocycles. The van der Waals surface area contributed by atoms with Crippen LogP contribution in [0, 0.1) is 23.3 Å². The molecule has 0 bridgehead atoms. The molecular formula is C38H34Cl5F4IN5O7S3-. The van der Waals surface area contributed by atoms with E-state index in [1.165, 1.54) is 23.8 Å². The van der Waals surface area contributed by atoms with Gasteiger partial charge in [0.1, 0.15) is 33.1 Å². The molecule has 342 valence electrons. The molecule has 0 spiro atoms. The molecule has 63 heavy (non-hydrogen) atoms. The Morgan fingerprint density at radius 2 is 1.02 bits per heavy atom. The standard InChI is InChI=1S/C14H9ClF2N2O2S.C8H5Cl2NO2S.C8H6ClN.C6H5F2N.2CH4.ClHO3S.HI/c15-8-1-3-10-13(5-8)18-7-14(10)22(20,21)19-12-4-2-9(16)6-11(12)17;9-5-1-2-6-7(3-5)11-4-8(6)14(10,12)13;9-7-2-1-6-3-4-10-8(6)5-7;7-4-1-2-6(9)5(8)3-4;;;1-5(2,3)4;/h1-7,18-19H;1-4,11H;1-5,10H;1-3H,9H2;2*1H4;(H,2,3,4);1H/p-1. The number of aromatic amines is 3. The Hall–Kier alpha value is -3.97. The molecule has 0 aliphatic rings. The number of aromatic nitrogens is 3. The Morgan fingerprint density at radius 1 is 0.571 bits per heavy atom. The fourth-order valence-electron chi connectivity index (χ4n) is 4.86. The Labute approximate surface area is 400 Å². The maximum atomic E-state index is 13.6. The highest BCUT2D eigenvalue weighted by Crippen LogP contribution is 2.29. The van der Waals surface area contributed by atoms with Crippen molar-refractivity contribution in [2.45, 2.75) is 24.6 Å². The van der Waals surface area contributed by atoms with E-state index in [2.05, 4.69) is 30.4 Å². The summed E-state index contributed by atoms with van der Waals surface area (Å²) in [5.74, 6) is -3.11. The quantitative estimate of drug-likeness (QED) is 0.0328. The van der Waals surface area contributed by atoms with Gasteiger partial charge in [-0.1, -0.05) is 55.7 Å². The second kappa shape index (κ2) is 24.4. The van der Waals surface area contributed by atoms with Crippen molar-refractivity contribution in [2.75, 3.05) is 10.5 Å². The lowest BCUT2D eigenvalue weighted by Gasteiger charge is -2.08. The number of H-pyrrole nitrogens is 3. The monoisotopic (exact) mass is 1150 g/mol. The van der Waals surface area contributed by atoms with Crippen molar-refractivity contribution in [1.82, 2.24) is 15.0 Å². The summed E-state index contributed by atoms with van der Waals surface area (Å²) in [6, 6.07) is 23.0. The summed E-state index contributed by atoms with van der Waals surface area (Å²) >= 11 is 17.3. The third kappa shape index (κ3) is 17.5. The molecule has 25 heteroatoms. The normalized spacial score (nSPS) is 10.8. The van der Waals surface area contributed by atoms with Gasteiger partial charge < -0.3 is 44.7 Å². The van der Waals surface area contributed by atoms with Crippen LogP contribution in [0.5, 0.6) is 0 Å². The van der Waals surface area contributed by atoms with Crippen LogP contribution in [0.3, 0.4) is 0 Å². The molecule has 7 N–H and O–H groups in total. The molecule has 8 rings (SSSR count). The topological polar surface area (TPSA) is 208 Å². The first-order valence-corrected chi connectivity index (χ1v) is 23.2. The van der Waals surface area contributed by atoms with Crippen LogP contribution >= 0.6 is 56.2 Å². The molecule has 0 saturated carbocycles. The predicted molar refractivity (Wildman–Crippen MR) is 242 cm³/mol. The van der Waals surface area contributed by atoms with E-state index >= 15 is 0 Å². The zero-order valence-electron chi connectivity index (χ0n) is 29.9. The number of sulfonamides is 1. The van der Waals surface area contributed by atoms with Gasteiger partial charge in [-0.05, 0) is 84.2 Å². The summed E-state index contributed by atoms with van der Waals surface area (Å²) in [6.45, 7) is 0. The van der Waals surface area contributed by atoms with Crippen molar-refractivity contribution in [3.63, 3.8) is 0 Å². The van der Waals surface area contributed by atoms with Gasteiger partial charge in [0.2, 0.25) is 0 Å². The van der Waals surface area contributed by atoms with E-state index in [1.807, 2.05) is 30.5 Å². The van der Waals surface area contributed by atoms with E-state index in [1.54, 1.807) is 36.4 Å². The summed E-state index contributed by atoms with van der Waals surface area (Å²) < 4.78 is 125. The summed E-state index contributed by atoms with van der Waals surface area (Å²) in [7, 11) is -2.63. The Balaban J connectivity index is 0.000000420. The molecule has 0 amide bonds. The van der Waals surface area contributed by atoms with E-state index in [0.717, 1.165) is 34.8 Å². The lowest BCUT2D eigenvalue weighted by atomic mass is 10.2. The van der Waals surface area contributed by atoms with Gasteiger partial charge in [0.15, 0.2) is 0 Å². The van der Waals surface area contributed by atoms with Crippen LogP contribution < -0.4 is 34.4 Å². The van der Waals surface area contributed by atoms with Crippen LogP contribution in [0.4, 0.5) is 28.9 Å². The van der Waals surface area contributed by atoms with Gasteiger partial charge in [0.05, 0.1) is 11.4 Å². The minimum atomic E-state index is -4.19. The van der Waals surface area contributed by atoms with Crippen LogP contribution in [0.1, 0.15) is 14.9 Å². The molecule has 0 aliphatic heterocycles.